The first-order chi connectivity index (χ1) is 13.3. The Hall–Kier alpha value is -2.73. The fraction of sp³-hybridized carbons (Fsp3) is 0.688. The van der Waals surface area contributed by atoms with Crippen molar-refractivity contribution in [3.05, 3.63) is 11.6 Å². The molecule has 150 valence electrons. The van der Waals surface area contributed by atoms with Crippen LogP contribution in [-0.4, -0.2) is 81.1 Å². The molecule has 0 saturated carbocycles. The number of aliphatic hydroxyl groups excluding tert-OH is 2. The molecule has 1 aliphatic heterocycles. The largest absolute Gasteiger partial charge is 0.394 e. The van der Waals surface area contributed by atoms with E-state index < -0.39 is 12.1 Å². The van der Waals surface area contributed by atoms with Crippen molar-refractivity contribution in [2.45, 2.75) is 57.7 Å². The van der Waals surface area contributed by atoms with Crippen LogP contribution < -0.4 is 4.90 Å². The van der Waals surface area contributed by atoms with Crippen LogP contribution in [0.5, 0.6) is 0 Å². The van der Waals surface area contributed by atoms with Crippen molar-refractivity contribution < 1.29 is 10.2 Å². The van der Waals surface area contributed by atoms with Crippen LogP contribution in [-0.2, 0) is 5.41 Å². The molecule has 12 heteroatoms. The van der Waals surface area contributed by atoms with Crippen molar-refractivity contribution in [2.75, 3.05) is 18.1 Å². The normalized spacial score (nSPS) is 21.6. The van der Waals surface area contributed by atoms with Gasteiger partial charge in [-0.15, -0.1) is 10.2 Å². The predicted molar refractivity (Wildman–Crippen MR) is 98.7 cm³/mol. The van der Waals surface area contributed by atoms with Gasteiger partial charge in [-0.25, -0.2) is 19.7 Å². The van der Waals surface area contributed by atoms with Crippen molar-refractivity contribution in [3.63, 3.8) is 0 Å². The minimum Gasteiger partial charge on any atom is -0.394 e. The molecule has 3 unspecified atom stereocenters. The molecule has 3 atom stereocenters. The van der Waals surface area contributed by atoms with Gasteiger partial charge in [0, 0.05) is 12.0 Å². The highest BCUT2D eigenvalue weighted by molar-refractivity contribution is 5.83. The summed E-state index contributed by atoms with van der Waals surface area (Å²) in [6.45, 7) is 8.36. The Morgan fingerprint density at radius 2 is 2.04 bits per heavy atom. The maximum atomic E-state index is 10.2. The highest BCUT2D eigenvalue weighted by Gasteiger charge is 2.36. The quantitative estimate of drug-likeness (QED) is 0.536. The maximum Gasteiger partial charge on any atom is 0.184 e. The van der Waals surface area contributed by atoms with Gasteiger partial charge in [0.15, 0.2) is 22.8 Å². The van der Waals surface area contributed by atoms with Crippen molar-refractivity contribution in [2.24, 2.45) is 0 Å². The van der Waals surface area contributed by atoms with Gasteiger partial charge in [0.2, 0.25) is 0 Å². The number of hydrogen-bond donors (Lipinski definition) is 3. The lowest BCUT2D eigenvalue weighted by atomic mass is 9.95. The van der Waals surface area contributed by atoms with Crippen LogP contribution in [0.25, 0.3) is 11.2 Å². The Kier molecular flexibility index (Phi) is 4.46. The number of aromatic amines is 1. The van der Waals surface area contributed by atoms with Crippen LogP contribution in [0, 0.1) is 0 Å². The number of tetrazole rings is 1. The number of aromatic nitrogens is 9. The zero-order chi connectivity index (χ0) is 20.1. The summed E-state index contributed by atoms with van der Waals surface area (Å²) >= 11 is 0. The summed E-state index contributed by atoms with van der Waals surface area (Å²) in [5.41, 5.74) is 0.749. The average Bonchev–Trinajstić information content (AvgIpc) is 3.38. The lowest BCUT2D eigenvalue weighted by Crippen LogP contribution is -2.39. The minimum atomic E-state index is -0.623. The zero-order valence-corrected chi connectivity index (χ0v) is 16.3. The number of nitrogens with one attached hydrogen (secondary N) is 1. The first kappa shape index (κ1) is 18.6. The van der Waals surface area contributed by atoms with E-state index in [1.165, 1.54) is 0 Å². The number of aliphatic hydroxyl groups is 2. The monoisotopic (exact) mass is 388 g/mol. The number of H-pyrrole nitrogens is 1. The molecule has 0 aromatic carbocycles. The lowest BCUT2D eigenvalue weighted by molar-refractivity contribution is 0.128. The van der Waals surface area contributed by atoms with Crippen LogP contribution in [0.3, 0.4) is 0 Å². The van der Waals surface area contributed by atoms with Crippen LogP contribution >= 0.6 is 0 Å². The van der Waals surface area contributed by atoms with Gasteiger partial charge in [-0.05, 0) is 23.8 Å². The second-order valence-electron chi connectivity index (χ2n) is 8.09. The van der Waals surface area contributed by atoms with E-state index >= 15 is 0 Å². The van der Waals surface area contributed by atoms with E-state index in [1.54, 1.807) is 4.68 Å². The molecule has 3 aromatic rings. The molecule has 3 N–H and O–H groups in total. The fourth-order valence-corrected chi connectivity index (χ4v) is 3.39. The van der Waals surface area contributed by atoms with Crippen LogP contribution in [0.15, 0.2) is 0 Å². The summed E-state index contributed by atoms with van der Waals surface area (Å²) in [4.78, 5) is 11.4. The molecule has 4 rings (SSSR count). The number of fused-ring (bicyclic) bond motifs is 1. The minimum absolute atomic E-state index is 0.175. The van der Waals surface area contributed by atoms with Crippen molar-refractivity contribution >= 4 is 17.0 Å². The standard InChI is InChI=1S/C16H24N10O2/c1-8(12-20-22-23-21-12)26-14-11(19-24-26)13(17-15(18-14)16(2,3)4)25-6-5-10(28)9(25)7-27/h8-10,27-28H,5-7H2,1-4H3,(H,20,21,22,23). The van der Waals surface area contributed by atoms with Crippen LogP contribution in [0.2, 0.25) is 0 Å². The topological polar surface area (TPSA) is 155 Å². The molecular formula is C16H24N10O2. The predicted octanol–water partition coefficient (Wildman–Crippen LogP) is -0.427. The number of rotatable bonds is 4. The number of hydrogen-bond acceptors (Lipinski definition) is 10. The summed E-state index contributed by atoms with van der Waals surface area (Å²) in [5.74, 6) is 1.73. The Morgan fingerprint density at radius 3 is 2.68 bits per heavy atom. The molecule has 3 aromatic heterocycles. The molecule has 1 saturated heterocycles. The summed E-state index contributed by atoms with van der Waals surface area (Å²) in [7, 11) is 0. The molecule has 12 nitrogen and oxygen atoms in total. The summed E-state index contributed by atoms with van der Waals surface area (Å²) in [6, 6.07) is -0.750. The van der Waals surface area contributed by atoms with Gasteiger partial charge in [0.1, 0.15) is 11.9 Å². The highest BCUT2D eigenvalue weighted by atomic mass is 16.3. The Morgan fingerprint density at radius 1 is 1.25 bits per heavy atom. The van der Waals surface area contributed by atoms with E-state index in [4.69, 9.17) is 9.97 Å². The van der Waals surface area contributed by atoms with Gasteiger partial charge in [-0.3, -0.25) is 0 Å². The molecule has 0 bridgehead atoms. The first-order valence-corrected chi connectivity index (χ1v) is 9.24. The van der Waals surface area contributed by atoms with E-state index in [1.807, 2.05) is 32.6 Å². The third kappa shape index (κ3) is 2.98. The van der Waals surface area contributed by atoms with Crippen LogP contribution in [0.1, 0.15) is 51.8 Å². The molecule has 4 heterocycles. The molecule has 0 amide bonds. The van der Waals surface area contributed by atoms with Gasteiger partial charge in [-0.2, -0.15) is 0 Å². The summed E-state index contributed by atoms with van der Waals surface area (Å²) in [5, 5.41) is 42.5. The van der Waals surface area contributed by atoms with Crippen molar-refractivity contribution in [1.29, 1.82) is 0 Å². The first-order valence-electron chi connectivity index (χ1n) is 9.24. The van der Waals surface area contributed by atoms with E-state index in [9.17, 15) is 10.2 Å². The lowest BCUT2D eigenvalue weighted by Gasteiger charge is -2.27. The summed E-state index contributed by atoms with van der Waals surface area (Å²) in [6.07, 6.45) is -0.0714. The molecule has 28 heavy (non-hydrogen) atoms. The van der Waals surface area contributed by atoms with Gasteiger partial charge < -0.3 is 15.1 Å². The average molecular weight is 388 g/mol. The van der Waals surface area contributed by atoms with E-state index in [0.29, 0.717) is 41.6 Å². The molecule has 1 aliphatic rings. The molecular weight excluding hydrogens is 364 g/mol. The SMILES string of the molecule is CC(c1nnn[nH]1)n1nnc2c(N3CCC(O)C3CO)nc(C(C)(C)C)nc21. The number of anilines is 1. The molecule has 0 spiro atoms. The molecule has 0 aliphatic carbocycles. The number of nitrogens with zero attached hydrogens (tertiary/aromatic N) is 9. The Labute approximate surface area is 161 Å². The highest BCUT2D eigenvalue weighted by Crippen LogP contribution is 2.32. The maximum absolute atomic E-state index is 10.2. The van der Waals surface area contributed by atoms with Crippen molar-refractivity contribution in [3.8, 4) is 0 Å². The summed E-state index contributed by atoms with van der Waals surface area (Å²) < 4.78 is 1.65. The smallest absolute Gasteiger partial charge is 0.184 e. The Balaban J connectivity index is 1.90. The van der Waals surface area contributed by atoms with Gasteiger partial charge in [0.25, 0.3) is 0 Å². The third-order valence-corrected chi connectivity index (χ3v) is 5.07. The van der Waals surface area contributed by atoms with E-state index in [2.05, 4.69) is 30.9 Å². The van der Waals surface area contributed by atoms with Gasteiger partial charge >= 0.3 is 0 Å². The third-order valence-electron chi connectivity index (χ3n) is 5.07. The van der Waals surface area contributed by atoms with Crippen LogP contribution in [0.4, 0.5) is 5.82 Å². The fourth-order valence-electron chi connectivity index (χ4n) is 3.39. The molecule has 0 radical (unpaired) electrons. The molecule has 1 fully saturated rings. The zero-order valence-electron chi connectivity index (χ0n) is 16.3. The van der Waals surface area contributed by atoms with Gasteiger partial charge in [0.05, 0.1) is 18.8 Å². The Bertz CT molecular complexity index is 964. The second-order valence-corrected chi connectivity index (χ2v) is 8.09. The van der Waals surface area contributed by atoms with Gasteiger partial charge in [-0.1, -0.05) is 26.0 Å². The van der Waals surface area contributed by atoms with E-state index in [-0.39, 0.29) is 18.1 Å². The van der Waals surface area contributed by atoms with Crippen molar-refractivity contribution in [1.82, 2.24) is 45.6 Å². The second kappa shape index (κ2) is 6.71. The van der Waals surface area contributed by atoms with E-state index in [0.717, 1.165) is 0 Å².